The zero-order chi connectivity index (χ0) is 46.9. The summed E-state index contributed by atoms with van der Waals surface area (Å²) in [5.41, 5.74) is 9.15. The number of nitrogens with zero attached hydrogens (tertiary/aromatic N) is 1. The molecule has 0 aliphatic heterocycles. The van der Waals surface area contributed by atoms with Crippen LogP contribution in [0, 0.1) is 0 Å². The largest absolute Gasteiger partial charge is 0.505 e. The first-order valence-corrected chi connectivity index (χ1v) is 23.6. The number of aromatic hydroxyl groups is 3. The molecule has 0 heterocycles. The molecule has 0 spiro atoms. The smallest absolute Gasteiger partial charge is 0.186 e. The highest BCUT2D eigenvalue weighted by Crippen LogP contribution is 2.65. The minimum absolute atomic E-state index is 0.0813. The molecule has 332 valence electrons. The number of benzene rings is 10. The lowest BCUT2D eigenvalue weighted by Gasteiger charge is -2.36. The summed E-state index contributed by atoms with van der Waals surface area (Å²) in [6.45, 7) is 8.14. The fraction of sp³-hybridized carbons (Fsp3) is 0.0938. The molecule has 0 aromatic heterocycles. The van der Waals surface area contributed by atoms with Crippen molar-refractivity contribution < 1.29 is 15.3 Å². The Bertz CT molecular complexity index is 3490. The van der Waals surface area contributed by atoms with E-state index in [0.29, 0.717) is 22.5 Å². The molecule has 10 aromatic carbocycles. The zero-order valence-electron chi connectivity index (χ0n) is 38.8. The number of hydrogen-bond donors (Lipinski definition) is 3. The minimum atomic E-state index is -1.03. The van der Waals surface area contributed by atoms with Crippen LogP contribution in [-0.4, -0.2) is 15.3 Å². The van der Waals surface area contributed by atoms with Crippen LogP contribution in [0.15, 0.2) is 224 Å². The molecule has 0 unspecified atom stereocenters. The van der Waals surface area contributed by atoms with E-state index in [2.05, 4.69) is 166 Å². The third-order valence-electron chi connectivity index (χ3n) is 13.6. The summed E-state index contributed by atoms with van der Waals surface area (Å²) in [5.74, 6) is -0.839. The van der Waals surface area contributed by atoms with Crippen LogP contribution in [0.3, 0.4) is 0 Å². The van der Waals surface area contributed by atoms with Gasteiger partial charge in [0.2, 0.25) is 0 Å². The Labute approximate surface area is 398 Å². The van der Waals surface area contributed by atoms with Gasteiger partial charge >= 0.3 is 0 Å². The van der Waals surface area contributed by atoms with Crippen molar-refractivity contribution in [1.82, 2.24) is 0 Å². The van der Waals surface area contributed by atoms with Crippen LogP contribution in [-0.2, 0) is 5.41 Å². The summed E-state index contributed by atoms with van der Waals surface area (Å²) in [6, 6.07) is 70.7. The maximum Gasteiger partial charge on any atom is 0.186 e. The molecule has 1 aliphatic rings. The van der Waals surface area contributed by atoms with Crippen LogP contribution in [0.2, 0.25) is 0 Å². The Morgan fingerprint density at radius 3 is 1.57 bits per heavy atom. The molecule has 68 heavy (non-hydrogen) atoms. The minimum Gasteiger partial charge on any atom is -0.505 e. The molecule has 3 N–H and O–H groups in total. The molecule has 0 saturated heterocycles. The molecule has 10 aromatic rings. The van der Waals surface area contributed by atoms with Gasteiger partial charge in [0.05, 0.1) is 5.41 Å². The van der Waals surface area contributed by atoms with Gasteiger partial charge < -0.3 is 20.2 Å². The summed E-state index contributed by atoms with van der Waals surface area (Å²) < 4.78 is 0. The van der Waals surface area contributed by atoms with Crippen molar-refractivity contribution in [2.45, 2.75) is 39.5 Å². The standard InChI is InChI=1S/C62H47NO3.C2H6/c1-3-4-25-49-40(2)62(45-21-7-5-8-22-45,46-23-9-6-10-24-46)57-56(49)59(64)61(66)58(60(57)65)63(47-35-31-42(32-36-47)51-30-17-20-41-18-11-13-26-50(41)51)48-37-33-43(34-38-48)55-39-44-19-12-14-27-52(44)53-28-15-16-29-54(53)55;1-2/h4-39,64-66H,3H2,1-2H3;1-2H3/b25-4-;. The van der Waals surface area contributed by atoms with Gasteiger partial charge in [0.15, 0.2) is 11.5 Å². The topological polar surface area (TPSA) is 63.9 Å². The third kappa shape index (κ3) is 7.00. The Hall–Kier alpha value is -8.34. The van der Waals surface area contributed by atoms with Crippen molar-refractivity contribution in [3.8, 4) is 39.5 Å². The van der Waals surface area contributed by atoms with E-state index in [1.54, 1.807) is 0 Å². The summed E-state index contributed by atoms with van der Waals surface area (Å²) in [4.78, 5) is 1.87. The Balaban J connectivity index is 0.00000266. The van der Waals surface area contributed by atoms with Crippen LogP contribution in [0.25, 0.3) is 60.1 Å². The van der Waals surface area contributed by atoms with Gasteiger partial charge in [-0.1, -0.05) is 209 Å². The second-order valence-corrected chi connectivity index (χ2v) is 17.1. The van der Waals surface area contributed by atoms with E-state index in [-0.39, 0.29) is 17.2 Å². The van der Waals surface area contributed by atoms with Crippen molar-refractivity contribution in [3.63, 3.8) is 0 Å². The SMILES string of the molecule is CC.CC/C=C\C1=C(C)C(c2ccccc2)(c2ccccc2)c2c(O)c(N(c3ccc(-c4cccc5ccccc45)cc3)c3ccc(-c4cc5ccccc5c5ccccc45)cc3)c(O)c(O)c21. The van der Waals surface area contributed by atoms with E-state index in [4.69, 9.17) is 0 Å². The number of allylic oxidation sites excluding steroid dienone is 4. The van der Waals surface area contributed by atoms with Crippen molar-refractivity contribution in [2.24, 2.45) is 0 Å². The molecule has 4 heteroatoms. The quantitative estimate of drug-likeness (QED) is 0.0768. The molecule has 4 nitrogen and oxygen atoms in total. The molecule has 0 amide bonds. The van der Waals surface area contributed by atoms with E-state index in [1.165, 1.54) is 10.8 Å². The third-order valence-corrected chi connectivity index (χ3v) is 13.6. The predicted octanol–water partition coefficient (Wildman–Crippen LogP) is 17.2. The summed E-state index contributed by atoms with van der Waals surface area (Å²) in [5, 5.41) is 45.5. The van der Waals surface area contributed by atoms with Gasteiger partial charge in [-0.3, -0.25) is 0 Å². The summed E-state index contributed by atoms with van der Waals surface area (Å²) in [7, 11) is 0. The molecule has 0 radical (unpaired) electrons. The molecular weight excluding hydrogens is 831 g/mol. The Morgan fingerprint density at radius 1 is 0.471 bits per heavy atom. The van der Waals surface area contributed by atoms with E-state index in [9.17, 15) is 15.3 Å². The average Bonchev–Trinajstić information content (AvgIpc) is 3.67. The van der Waals surface area contributed by atoms with Crippen LogP contribution in [0.1, 0.15) is 56.4 Å². The fourth-order valence-corrected chi connectivity index (χ4v) is 10.6. The lowest BCUT2D eigenvalue weighted by atomic mass is 9.67. The average molecular weight is 884 g/mol. The number of rotatable bonds is 9. The molecular formula is C64H53NO3. The monoisotopic (exact) mass is 883 g/mol. The van der Waals surface area contributed by atoms with Crippen molar-refractivity contribution >= 4 is 55.0 Å². The van der Waals surface area contributed by atoms with Crippen LogP contribution >= 0.6 is 0 Å². The van der Waals surface area contributed by atoms with Crippen molar-refractivity contribution in [1.29, 1.82) is 0 Å². The Kier molecular flexibility index (Phi) is 11.6. The van der Waals surface area contributed by atoms with E-state index >= 15 is 0 Å². The molecule has 11 rings (SSSR count). The van der Waals surface area contributed by atoms with Gasteiger partial charge in [0.1, 0.15) is 11.4 Å². The van der Waals surface area contributed by atoms with Gasteiger partial charge in [0.25, 0.3) is 0 Å². The highest BCUT2D eigenvalue weighted by Gasteiger charge is 2.50. The normalized spacial score (nSPS) is 12.9. The predicted molar refractivity (Wildman–Crippen MR) is 286 cm³/mol. The van der Waals surface area contributed by atoms with Gasteiger partial charge in [0, 0.05) is 22.5 Å². The van der Waals surface area contributed by atoms with Gasteiger partial charge in [-0.15, -0.1) is 0 Å². The first kappa shape index (κ1) is 43.5. The van der Waals surface area contributed by atoms with Crippen molar-refractivity contribution in [2.75, 3.05) is 4.90 Å². The zero-order valence-corrected chi connectivity index (χ0v) is 38.8. The van der Waals surface area contributed by atoms with E-state index < -0.39 is 11.2 Å². The van der Waals surface area contributed by atoms with Crippen LogP contribution in [0.5, 0.6) is 17.2 Å². The first-order valence-electron chi connectivity index (χ1n) is 23.6. The fourth-order valence-electron chi connectivity index (χ4n) is 10.6. The molecule has 0 fully saturated rings. The first-order chi connectivity index (χ1) is 33.4. The number of phenols is 3. The van der Waals surface area contributed by atoms with Gasteiger partial charge in [-0.25, -0.2) is 0 Å². The van der Waals surface area contributed by atoms with Crippen molar-refractivity contribution in [3.05, 3.63) is 246 Å². The molecule has 1 aliphatic carbocycles. The maximum absolute atomic E-state index is 13.4. The number of hydrogen-bond acceptors (Lipinski definition) is 4. The Morgan fingerprint density at radius 2 is 0.971 bits per heavy atom. The van der Waals surface area contributed by atoms with E-state index in [0.717, 1.165) is 72.5 Å². The summed E-state index contributed by atoms with van der Waals surface area (Å²) in [6.07, 6.45) is 4.83. The number of phenolic OH excluding ortho intramolecular Hbond substituents is 3. The lowest BCUT2D eigenvalue weighted by Crippen LogP contribution is -2.29. The molecule has 0 atom stereocenters. The van der Waals surface area contributed by atoms with Gasteiger partial charge in [-0.2, -0.15) is 0 Å². The molecule has 0 bridgehead atoms. The number of fused-ring (bicyclic) bond motifs is 5. The second kappa shape index (κ2) is 18.1. The second-order valence-electron chi connectivity index (χ2n) is 17.1. The van der Waals surface area contributed by atoms with Crippen LogP contribution in [0.4, 0.5) is 17.1 Å². The van der Waals surface area contributed by atoms with Crippen LogP contribution < -0.4 is 4.90 Å². The summed E-state index contributed by atoms with van der Waals surface area (Å²) >= 11 is 0. The number of anilines is 3. The maximum atomic E-state index is 13.4. The lowest BCUT2D eigenvalue weighted by molar-refractivity contribution is 0.394. The van der Waals surface area contributed by atoms with E-state index in [1.807, 2.05) is 85.5 Å². The van der Waals surface area contributed by atoms with Gasteiger partial charge in [-0.05, 0) is 121 Å². The highest BCUT2D eigenvalue weighted by molar-refractivity contribution is 6.14. The molecule has 0 saturated carbocycles. The highest BCUT2D eigenvalue weighted by atomic mass is 16.3.